The maximum Gasteiger partial charge on any atom is 0.279 e. The summed E-state index contributed by atoms with van der Waals surface area (Å²) in [6.45, 7) is 4.25. The van der Waals surface area contributed by atoms with Crippen LogP contribution < -0.4 is 10.2 Å². The van der Waals surface area contributed by atoms with E-state index in [1.165, 1.54) is 20.2 Å². The Balaban J connectivity index is 1.63. The molecular formula is C19H21N2OS2+. The molecule has 2 N–H and O–H groups in total. The summed E-state index contributed by atoms with van der Waals surface area (Å²) in [6, 6.07) is 16.3. The molecule has 5 heteroatoms. The van der Waals surface area contributed by atoms with Gasteiger partial charge < -0.3 is 10.2 Å². The molecule has 0 spiro atoms. The highest BCUT2D eigenvalue weighted by Gasteiger charge is 2.17. The number of aryl methyl sites for hydroxylation is 1. The maximum absolute atomic E-state index is 12.4. The van der Waals surface area contributed by atoms with E-state index in [1.807, 2.05) is 31.2 Å². The number of thiophene rings is 2. The summed E-state index contributed by atoms with van der Waals surface area (Å²) in [5.41, 5.74) is 2.05. The largest absolute Gasteiger partial charge is 0.321 e. The molecule has 3 nitrogen and oxygen atoms in total. The van der Waals surface area contributed by atoms with Crippen molar-refractivity contribution in [3.63, 3.8) is 0 Å². The summed E-state index contributed by atoms with van der Waals surface area (Å²) < 4.78 is 0. The molecule has 2 heterocycles. The van der Waals surface area contributed by atoms with Gasteiger partial charge in [-0.3, -0.25) is 4.79 Å². The first-order chi connectivity index (χ1) is 11.7. The number of amides is 1. The summed E-state index contributed by atoms with van der Waals surface area (Å²) in [4.78, 5) is 16.3. The Morgan fingerprint density at radius 1 is 0.958 bits per heavy atom. The molecule has 0 atom stereocenters. The first-order valence-electron chi connectivity index (χ1n) is 7.94. The van der Waals surface area contributed by atoms with Crippen LogP contribution >= 0.6 is 22.7 Å². The van der Waals surface area contributed by atoms with Gasteiger partial charge in [0.1, 0.15) is 13.1 Å². The molecule has 0 bridgehead atoms. The van der Waals surface area contributed by atoms with Crippen LogP contribution in [-0.2, 0) is 17.9 Å². The molecular weight excluding hydrogens is 336 g/mol. The predicted molar refractivity (Wildman–Crippen MR) is 102 cm³/mol. The van der Waals surface area contributed by atoms with Gasteiger partial charge in [0, 0.05) is 5.69 Å². The van der Waals surface area contributed by atoms with Crippen molar-refractivity contribution in [3.8, 4) is 0 Å². The van der Waals surface area contributed by atoms with Gasteiger partial charge >= 0.3 is 0 Å². The number of hydrogen-bond donors (Lipinski definition) is 2. The molecule has 1 amide bonds. The average Bonchev–Trinajstić information content (AvgIpc) is 3.23. The lowest BCUT2D eigenvalue weighted by molar-refractivity contribution is -0.918. The number of carbonyl (C=O) groups excluding carboxylic acids is 1. The highest BCUT2D eigenvalue weighted by Crippen LogP contribution is 2.10. The van der Waals surface area contributed by atoms with E-state index in [0.717, 1.165) is 18.8 Å². The topological polar surface area (TPSA) is 33.5 Å². The van der Waals surface area contributed by atoms with Crippen molar-refractivity contribution < 1.29 is 9.69 Å². The lowest BCUT2D eigenvalue weighted by Crippen LogP contribution is -3.10. The van der Waals surface area contributed by atoms with Crippen LogP contribution in [0, 0.1) is 6.92 Å². The lowest BCUT2D eigenvalue weighted by atomic mass is 10.2. The van der Waals surface area contributed by atoms with E-state index in [9.17, 15) is 4.79 Å². The minimum Gasteiger partial charge on any atom is -0.321 e. The van der Waals surface area contributed by atoms with Crippen molar-refractivity contribution in [2.24, 2.45) is 0 Å². The van der Waals surface area contributed by atoms with Crippen LogP contribution in [0.4, 0.5) is 5.69 Å². The smallest absolute Gasteiger partial charge is 0.279 e. The minimum atomic E-state index is 0.0574. The van der Waals surface area contributed by atoms with Gasteiger partial charge in [0.05, 0.1) is 9.75 Å². The summed E-state index contributed by atoms with van der Waals surface area (Å²) in [6.07, 6.45) is 0. The molecule has 0 aliphatic carbocycles. The molecule has 0 fully saturated rings. The Morgan fingerprint density at radius 3 is 2.04 bits per heavy atom. The number of nitrogens with one attached hydrogen (secondary N) is 2. The molecule has 0 aliphatic heterocycles. The van der Waals surface area contributed by atoms with E-state index in [-0.39, 0.29) is 5.91 Å². The molecule has 0 aliphatic rings. The SMILES string of the molecule is Cc1ccc(NC(=O)C[NH+](Cc2cccs2)Cc2cccs2)cc1. The van der Waals surface area contributed by atoms with Crippen LogP contribution in [0.2, 0.25) is 0 Å². The Hall–Kier alpha value is -1.95. The van der Waals surface area contributed by atoms with Crippen LogP contribution in [0.1, 0.15) is 15.3 Å². The monoisotopic (exact) mass is 357 g/mol. The van der Waals surface area contributed by atoms with Gasteiger partial charge in [-0.1, -0.05) is 29.8 Å². The number of quaternary nitrogens is 1. The van der Waals surface area contributed by atoms with Crippen molar-refractivity contribution in [3.05, 3.63) is 74.6 Å². The van der Waals surface area contributed by atoms with Crippen molar-refractivity contribution in [2.45, 2.75) is 20.0 Å². The summed E-state index contributed by atoms with van der Waals surface area (Å²) >= 11 is 3.49. The van der Waals surface area contributed by atoms with Gasteiger partial charge in [-0.05, 0) is 41.9 Å². The molecule has 24 heavy (non-hydrogen) atoms. The van der Waals surface area contributed by atoms with Gasteiger partial charge in [0.15, 0.2) is 6.54 Å². The molecule has 3 aromatic rings. The van der Waals surface area contributed by atoms with Crippen LogP contribution in [0.5, 0.6) is 0 Å². The van der Waals surface area contributed by atoms with Crippen molar-refractivity contribution in [1.82, 2.24) is 0 Å². The third-order valence-corrected chi connectivity index (χ3v) is 5.51. The molecule has 3 rings (SSSR count). The minimum absolute atomic E-state index is 0.0574. The number of benzene rings is 1. The van der Waals surface area contributed by atoms with E-state index < -0.39 is 0 Å². The maximum atomic E-state index is 12.4. The second-order valence-electron chi connectivity index (χ2n) is 5.85. The van der Waals surface area contributed by atoms with E-state index in [2.05, 4.69) is 40.3 Å². The highest BCUT2D eigenvalue weighted by molar-refractivity contribution is 7.10. The summed E-state index contributed by atoms with van der Waals surface area (Å²) in [7, 11) is 0. The zero-order valence-electron chi connectivity index (χ0n) is 13.6. The molecule has 0 unspecified atom stereocenters. The molecule has 2 aromatic heterocycles. The molecule has 124 valence electrons. The Labute approximate surface area is 150 Å². The predicted octanol–water partition coefficient (Wildman–Crippen LogP) is 3.34. The van der Waals surface area contributed by atoms with Gasteiger partial charge in [-0.15, -0.1) is 22.7 Å². The van der Waals surface area contributed by atoms with E-state index in [1.54, 1.807) is 22.7 Å². The van der Waals surface area contributed by atoms with Crippen molar-refractivity contribution in [1.29, 1.82) is 0 Å². The normalized spacial score (nSPS) is 10.9. The molecule has 0 saturated carbocycles. The van der Waals surface area contributed by atoms with Gasteiger partial charge in [0.25, 0.3) is 5.91 Å². The number of rotatable bonds is 7. The highest BCUT2D eigenvalue weighted by atomic mass is 32.1. The zero-order chi connectivity index (χ0) is 16.8. The number of carbonyl (C=O) groups is 1. The van der Waals surface area contributed by atoms with Crippen LogP contribution in [-0.4, -0.2) is 12.5 Å². The van der Waals surface area contributed by atoms with Crippen LogP contribution in [0.3, 0.4) is 0 Å². The average molecular weight is 358 g/mol. The fraction of sp³-hybridized carbons (Fsp3) is 0.211. The quantitative estimate of drug-likeness (QED) is 0.668. The van der Waals surface area contributed by atoms with E-state index in [0.29, 0.717) is 6.54 Å². The summed E-state index contributed by atoms with van der Waals surface area (Å²) in [5.74, 6) is 0.0574. The Kier molecular flexibility index (Phi) is 5.80. The fourth-order valence-corrected chi connectivity index (χ4v) is 4.13. The van der Waals surface area contributed by atoms with Crippen molar-refractivity contribution >= 4 is 34.3 Å². The standard InChI is InChI=1S/C19H20N2OS2/c1-15-6-8-16(9-7-15)20-19(22)14-21(12-17-4-2-10-23-17)13-18-5-3-11-24-18/h2-11H,12-14H2,1H3,(H,20,22)/p+1. The van der Waals surface area contributed by atoms with Gasteiger partial charge in [0.2, 0.25) is 0 Å². The third-order valence-electron chi connectivity index (χ3n) is 3.75. The third kappa shape index (κ3) is 5.03. The lowest BCUT2D eigenvalue weighted by Gasteiger charge is -2.18. The van der Waals surface area contributed by atoms with E-state index >= 15 is 0 Å². The number of hydrogen-bond acceptors (Lipinski definition) is 3. The van der Waals surface area contributed by atoms with Crippen molar-refractivity contribution in [2.75, 3.05) is 11.9 Å². The Bertz CT molecular complexity index is 713. The van der Waals surface area contributed by atoms with Gasteiger partial charge in [-0.25, -0.2) is 0 Å². The fourth-order valence-electron chi connectivity index (χ4n) is 2.58. The Morgan fingerprint density at radius 2 is 1.54 bits per heavy atom. The summed E-state index contributed by atoms with van der Waals surface area (Å²) in [5, 5.41) is 7.18. The van der Waals surface area contributed by atoms with Crippen LogP contribution in [0.15, 0.2) is 59.3 Å². The van der Waals surface area contributed by atoms with Crippen LogP contribution in [0.25, 0.3) is 0 Å². The molecule has 0 radical (unpaired) electrons. The second-order valence-corrected chi connectivity index (χ2v) is 7.92. The van der Waals surface area contributed by atoms with Gasteiger partial charge in [-0.2, -0.15) is 0 Å². The molecule has 0 saturated heterocycles. The second kappa shape index (κ2) is 8.24. The first kappa shape index (κ1) is 16.9. The molecule has 1 aromatic carbocycles. The van der Waals surface area contributed by atoms with E-state index in [4.69, 9.17) is 0 Å². The number of anilines is 1. The zero-order valence-corrected chi connectivity index (χ0v) is 15.3. The first-order valence-corrected chi connectivity index (χ1v) is 9.70.